The minimum absolute atomic E-state index is 0.0668. The molecule has 2 aromatic rings. The fourth-order valence-electron chi connectivity index (χ4n) is 6.02. The first-order valence-electron chi connectivity index (χ1n) is 15.6. The zero-order chi connectivity index (χ0) is 33.6. The number of carboxylic acids is 1. The van der Waals surface area contributed by atoms with Gasteiger partial charge in [0, 0.05) is 27.1 Å². The topological polar surface area (TPSA) is 125 Å². The summed E-state index contributed by atoms with van der Waals surface area (Å²) < 4.78 is 11.3. The highest BCUT2D eigenvalue weighted by atomic mass is 16.6. The first kappa shape index (κ1) is 35.6. The van der Waals surface area contributed by atoms with Crippen molar-refractivity contribution in [3.8, 4) is 11.1 Å². The van der Waals surface area contributed by atoms with Gasteiger partial charge in [0.1, 0.15) is 18.2 Å². The van der Waals surface area contributed by atoms with Crippen molar-refractivity contribution < 1.29 is 33.8 Å². The molecule has 10 heteroatoms. The second-order valence-electron chi connectivity index (χ2n) is 12.8. The number of nitrogens with zero attached hydrogens (tertiary/aromatic N) is 2. The number of amides is 3. The summed E-state index contributed by atoms with van der Waals surface area (Å²) in [7, 11) is 4.55. The predicted molar refractivity (Wildman–Crippen MR) is 173 cm³/mol. The molecule has 0 unspecified atom stereocenters. The number of rotatable bonds is 14. The van der Waals surface area contributed by atoms with Gasteiger partial charge in [-0.2, -0.15) is 0 Å². The number of ether oxygens (including phenoxy) is 2. The molecule has 0 radical (unpaired) electrons. The molecule has 1 aliphatic carbocycles. The molecule has 3 rings (SSSR count). The van der Waals surface area contributed by atoms with E-state index in [1.54, 1.807) is 20.9 Å². The van der Waals surface area contributed by atoms with Crippen molar-refractivity contribution in [1.29, 1.82) is 0 Å². The van der Waals surface area contributed by atoms with E-state index in [1.807, 2.05) is 64.1 Å². The smallest absolute Gasteiger partial charge is 0.410 e. The molecular weight excluding hydrogens is 574 g/mol. The Balaban J connectivity index is 1.73. The van der Waals surface area contributed by atoms with E-state index in [9.17, 15) is 24.3 Å². The lowest BCUT2D eigenvalue weighted by molar-refractivity contribution is -0.148. The molecule has 0 saturated carbocycles. The second kappa shape index (κ2) is 14.9. The number of fused-ring (bicyclic) bond motifs is 3. The lowest BCUT2D eigenvalue weighted by Crippen LogP contribution is -2.62. The van der Waals surface area contributed by atoms with Crippen molar-refractivity contribution in [2.24, 2.45) is 11.8 Å². The molecule has 10 nitrogen and oxygen atoms in total. The molecule has 0 bridgehead atoms. The van der Waals surface area contributed by atoms with E-state index in [0.717, 1.165) is 22.3 Å². The lowest BCUT2D eigenvalue weighted by atomic mass is 9.90. The SMILES string of the molecule is CC[C@H](C)[C@@H]([C@@H](CC(=O)O)OC)N(C)C(=O)[C@@H](NC(=O)C(C)(C)N(C)C(=O)OCC1c2ccccc2-c2ccccc21)C(C)C. The van der Waals surface area contributed by atoms with Gasteiger partial charge in [0.15, 0.2) is 0 Å². The Morgan fingerprint density at radius 1 is 0.956 bits per heavy atom. The number of likely N-dealkylation sites (N-methyl/N-ethyl adjacent to an activating group) is 2. The average molecular weight is 624 g/mol. The van der Waals surface area contributed by atoms with Gasteiger partial charge < -0.3 is 24.8 Å². The van der Waals surface area contributed by atoms with Gasteiger partial charge >= 0.3 is 12.1 Å². The van der Waals surface area contributed by atoms with Gasteiger partial charge in [-0.05, 0) is 47.9 Å². The number of carboxylic acid groups (broad SMARTS) is 1. The van der Waals surface area contributed by atoms with Crippen LogP contribution in [0.5, 0.6) is 0 Å². The summed E-state index contributed by atoms with van der Waals surface area (Å²) >= 11 is 0. The third-order valence-corrected chi connectivity index (χ3v) is 9.30. The maximum atomic E-state index is 13.9. The standard InChI is InChI=1S/C35H49N3O7/c1-10-22(4)31(28(44-9)19-29(39)40)37(7)32(41)30(21(2)3)36-33(42)35(5,6)38(8)34(43)45-20-27-25-17-13-11-15-23(25)24-16-12-14-18-26(24)27/h11-18,21-22,27-28,30-31H,10,19-20H2,1-9H3,(H,36,42)(H,39,40)/t22-,28+,30-,31-/m0/s1. The van der Waals surface area contributed by atoms with Gasteiger partial charge in [-0.15, -0.1) is 0 Å². The number of carbonyl (C=O) groups is 4. The fourth-order valence-corrected chi connectivity index (χ4v) is 6.02. The summed E-state index contributed by atoms with van der Waals surface area (Å²) in [4.78, 5) is 55.2. The lowest BCUT2D eigenvalue weighted by Gasteiger charge is -2.40. The maximum absolute atomic E-state index is 13.9. The van der Waals surface area contributed by atoms with Crippen molar-refractivity contribution in [1.82, 2.24) is 15.1 Å². The number of aliphatic carboxylic acids is 1. The molecule has 0 spiro atoms. The van der Waals surface area contributed by atoms with Crippen molar-refractivity contribution >= 4 is 23.9 Å². The molecule has 45 heavy (non-hydrogen) atoms. The van der Waals surface area contributed by atoms with Crippen molar-refractivity contribution in [3.63, 3.8) is 0 Å². The van der Waals surface area contributed by atoms with Gasteiger partial charge in [0.05, 0.1) is 18.6 Å². The molecule has 1 aliphatic rings. The Labute approximate surface area is 267 Å². The number of benzene rings is 2. The van der Waals surface area contributed by atoms with E-state index >= 15 is 0 Å². The summed E-state index contributed by atoms with van der Waals surface area (Å²) in [6.07, 6.45) is -0.959. The molecular formula is C35H49N3O7. The first-order valence-corrected chi connectivity index (χ1v) is 15.6. The quantitative estimate of drug-likeness (QED) is 0.298. The predicted octanol–water partition coefficient (Wildman–Crippen LogP) is 5.15. The van der Waals surface area contributed by atoms with Crippen LogP contribution < -0.4 is 5.32 Å². The maximum Gasteiger partial charge on any atom is 0.410 e. The molecule has 3 amide bonds. The van der Waals surface area contributed by atoms with E-state index < -0.39 is 41.7 Å². The van der Waals surface area contributed by atoms with E-state index in [2.05, 4.69) is 17.4 Å². The van der Waals surface area contributed by atoms with Crippen LogP contribution in [0.25, 0.3) is 11.1 Å². The average Bonchev–Trinajstić information content (AvgIpc) is 3.33. The Morgan fingerprint density at radius 3 is 1.96 bits per heavy atom. The van der Waals surface area contributed by atoms with Gasteiger partial charge in [0.2, 0.25) is 11.8 Å². The monoisotopic (exact) mass is 623 g/mol. The number of carbonyl (C=O) groups excluding carboxylic acids is 3. The highest BCUT2D eigenvalue weighted by Gasteiger charge is 2.42. The van der Waals surface area contributed by atoms with Crippen LogP contribution in [-0.4, -0.2) is 90.3 Å². The zero-order valence-electron chi connectivity index (χ0n) is 28.0. The largest absolute Gasteiger partial charge is 0.481 e. The molecule has 0 heterocycles. The molecule has 246 valence electrons. The van der Waals surface area contributed by atoms with Crippen LogP contribution in [0.3, 0.4) is 0 Å². The zero-order valence-corrected chi connectivity index (χ0v) is 28.0. The van der Waals surface area contributed by atoms with E-state index in [1.165, 1.54) is 24.0 Å². The molecule has 0 saturated heterocycles. The van der Waals surface area contributed by atoms with Crippen molar-refractivity contribution in [3.05, 3.63) is 59.7 Å². The van der Waals surface area contributed by atoms with Gasteiger partial charge in [-0.1, -0.05) is 82.6 Å². The number of hydrogen-bond donors (Lipinski definition) is 2. The highest BCUT2D eigenvalue weighted by molar-refractivity contribution is 5.93. The van der Waals surface area contributed by atoms with E-state index in [-0.39, 0.29) is 36.7 Å². The van der Waals surface area contributed by atoms with Crippen LogP contribution in [0.1, 0.15) is 71.4 Å². The molecule has 0 fully saturated rings. The third-order valence-electron chi connectivity index (χ3n) is 9.30. The normalized spacial score (nSPS) is 15.3. The Morgan fingerprint density at radius 2 is 1.49 bits per heavy atom. The van der Waals surface area contributed by atoms with Crippen molar-refractivity contribution in [2.75, 3.05) is 27.8 Å². The minimum atomic E-state index is -1.36. The van der Waals surface area contributed by atoms with Crippen LogP contribution in [0, 0.1) is 11.8 Å². The van der Waals surface area contributed by atoms with Crippen LogP contribution in [0.4, 0.5) is 4.79 Å². The van der Waals surface area contributed by atoms with E-state index in [0.29, 0.717) is 6.42 Å². The summed E-state index contributed by atoms with van der Waals surface area (Å²) in [6, 6.07) is 14.7. The summed E-state index contributed by atoms with van der Waals surface area (Å²) in [5.41, 5.74) is 3.05. The third kappa shape index (κ3) is 7.66. The van der Waals surface area contributed by atoms with Crippen molar-refractivity contribution in [2.45, 2.75) is 84.0 Å². The molecule has 0 aromatic heterocycles. The fraction of sp³-hybridized carbons (Fsp3) is 0.543. The number of hydrogen-bond acceptors (Lipinski definition) is 6. The Kier molecular flexibility index (Phi) is 11.8. The Hall–Kier alpha value is -3.92. The molecule has 4 atom stereocenters. The van der Waals surface area contributed by atoms with Crippen LogP contribution in [0.15, 0.2) is 48.5 Å². The molecule has 2 aromatic carbocycles. The first-order chi connectivity index (χ1) is 21.2. The molecule has 0 aliphatic heterocycles. The van der Waals surface area contributed by atoms with Crippen LogP contribution in [0.2, 0.25) is 0 Å². The van der Waals surface area contributed by atoms with E-state index in [4.69, 9.17) is 9.47 Å². The summed E-state index contributed by atoms with van der Waals surface area (Å²) in [6.45, 7) is 10.9. The second-order valence-corrected chi connectivity index (χ2v) is 12.8. The van der Waals surface area contributed by atoms with Crippen LogP contribution >= 0.6 is 0 Å². The number of nitrogens with one attached hydrogen (secondary N) is 1. The van der Waals surface area contributed by atoms with Gasteiger partial charge in [-0.25, -0.2) is 4.79 Å². The molecule has 2 N–H and O–H groups in total. The highest BCUT2D eigenvalue weighted by Crippen LogP contribution is 2.44. The number of methoxy groups -OCH3 is 1. The van der Waals surface area contributed by atoms with Crippen LogP contribution in [-0.2, 0) is 23.9 Å². The minimum Gasteiger partial charge on any atom is -0.481 e. The summed E-state index contributed by atoms with van der Waals surface area (Å²) in [5, 5.41) is 12.3. The van der Waals surface area contributed by atoms with Gasteiger partial charge in [-0.3, -0.25) is 19.3 Å². The Bertz CT molecular complexity index is 1330. The van der Waals surface area contributed by atoms with Gasteiger partial charge in [0.25, 0.3) is 0 Å². The summed E-state index contributed by atoms with van der Waals surface area (Å²) in [5.74, 6) is -2.40.